The van der Waals surface area contributed by atoms with E-state index in [2.05, 4.69) is 0 Å². The predicted octanol–water partition coefficient (Wildman–Crippen LogP) is 1.70. The Hall–Kier alpha value is -0.960. The Morgan fingerprint density at radius 1 is 1.33 bits per heavy atom. The standard InChI is InChI=1S/C9H10F2O/c10-8(6-12)5-7-3-1-2-4-9(7)11/h1-4,8,12H,5-6H2/t8-/m0/s1. The minimum Gasteiger partial charge on any atom is -0.393 e. The fourth-order valence-corrected chi connectivity index (χ4v) is 0.967. The van der Waals surface area contributed by atoms with E-state index in [-0.39, 0.29) is 6.42 Å². The fourth-order valence-electron chi connectivity index (χ4n) is 0.967. The molecule has 66 valence electrons. The zero-order valence-electron chi connectivity index (χ0n) is 6.50. The van der Waals surface area contributed by atoms with E-state index in [0.29, 0.717) is 5.56 Å². The van der Waals surface area contributed by atoms with Gasteiger partial charge in [0.1, 0.15) is 12.0 Å². The maximum atomic E-state index is 12.8. The summed E-state index contributed by atoms with van der Waals surface area (Å²) >= 11 is 0. The fraction of sp³-hybridized carbons (Fsp3) is 0.333. The number of alkyl halides is 1. The van der Waals surface area contributed by atoms with Crippen molar-refractivity contribution >= 4 is 0 Å². The highest BCUT2D eigenvalue weighted by Crippen LogP contribution is 2.10. The molecule has 0 heterocycles. The van der Waals surface area contributed by atoms with Crippen LogP contribution in [0.4, 0.5) is 8.78 Å². The molecular formula is C9H10F2O. The second-order valence-corrected chi connectivity index (χ2v) is 2.58. The molecule has 0 bridgehead atoms. The van der Waals surface area contributed by atoms with E-state index >= 15 is 0 Å². The summed E-state index contributed by atoms with van der Waals surface area (Å²) in [5.41, 5.74) is 0.305. The lowest BCUT2D eigenvalue weighted by Crippen LogP contribution is -2.10. The van der Waals surface area contributed by atoms with Crippen LogP contribution < -0.4 is 0 Å². The van der Waals surface area contributed by atoms with Gasteiger partial charge in [-0.3, -0.25) is 0 Å². The molecule has 0 saturated heterocycles. The molecule has 1 aromatic carbocycles. The Bertz CT molecular complexity index is 250. The van der Waals surface area contributed by atoms with Crippen LogP contribution in [-0.4, -0.2) is 17.9 Å². The number of hydrogen-bond acceptors (Lipinski definition) is 1. The Labute approximate surface area is 69.7 Å². The third kappa shape index (κ3) is 2.27. The van der Waals surface area contributed by atoms with Crippen molar-refractivity contribution < 1.29 is 13.9 Å². The zero-order chi connectivity index (χ0) is 8.97. The van der Waals surface area contributed by atoms with Gasteiger partial charge < -0.3 is 5.11 Å². The van der Waals surface area contributed by atoms with Crippen molar-refractivity contribution in [1.29, 1.82) is 0 Å². The number of benzene rings is 1. The second-order valence-electron chi connectivity index (χ2n) is 2.58. The molecule has 0 unspecified atom stereocenters. The summed E-state index contributed by atoms with van der Waals surface area (Å²) in [6.07, 6.45) is -1.44. The molecule has 1 nitrogen and oxygen atoms in total. The molecule has 0 aliphatic rings. The Morgan fingerprint density at radius 2 is 2.00 bits per heavy atom. The van der Waals surface area contributed by atoms with Crippen LogP contribution >= 0.6 is 0 Å². The van der Waals surface area contributed by atoms with E-state index in [1.54, 1.807) is 12.1 Å². The van der Waals surface area contributed by atoms with Crippen molar-refractivity contribution in [3.05, 3.63) is 35.6 Å². The lowest BCUT2D eigenvalue weighted by atomic mass is 10.1. The van der Waals surface area contributed by atoms with Crippen molar-refractivity contribution in [2.45, 2.75) is 12.6 Å². The molecule has 1 rings (SSSR count). The SMILES string of the molecule is OC[C@@H](F)Cc1ccccc1F. The lowest BCUT2D eigenvalue weighted by molar-refractivity contribution is 0.177. The minimum absolute atomic E-state index is 0.0663. The first-order valence-corrected chi connectivity index (χ1v) is 3.72. The zero-order valence-corrected chi connectivity index (χ0v) is 6.50. The van der Waals surface area contributed by atoms with E-state index in [4.69, 9.17) is 5.11 Å². The topological polar surface area (TPSA) is 20.2 Å². The Morgan fingerprint density at radius 3 is 2.58 bits per heavy atom. The normalized spacial score (nSPS) is 12.9. The Kier molecular flexibility index (Phi) is 3.17. The maximum absolute atomic E-state index is 12.8. The van der Waals surface area contributed by atoms with E-state index < -0.39 is 18.6 Å². The van der Waals surface area contributed by atoms with Crippen LogP contribution in [0.2, 0.25) is 0 Å². The van der Waals surface area contributed by atoms with E-state index in [1.165, 1.54) is 12.1 Å². The highest BCUT2D eigenvalue weighted by Gasteiger charge is 2.08. The van der Waals surface area contributed by atoms with Gasteiger partial charge in [-0.15, -0.1) is 0 Å². The van der Waals surface area contributed by atoms with Crippen LogP contribution in [0.5, 0.6) is 0 Å². The van der Waals surface area contributed by atoms with Crippen molar-refractivity contribution in [2.75, 3.05) is 6.61 Å². The summed E-state index contributed by atoms with van der Waals surface area (Å²) in [5.74, 6) is -0.423. The molecule has 3 heteroatoms. The molecule has 0 aliphatic carbocycles. The molecular weight excluding hydrogens is 162 g/mol. The van der Waals surface area contributed by atoms with Gasteiger partial charge in [-0.2, -0.15) is 0 Å². The second kappa shape index (κ2) is 4.16. The Balaban J connectivity index is 2.69. The van der Waals surface area contributed by atoms with Gasteiger partial charge in [-0.25, -0.2) is 8.78 Å². The molecule has 0 amide bonds. The van der Waals surface area contributed by atoms with Gasteiger partial charge in [0.15, 0.2) is 0 Å². The summed E-state index contributed by atoms with van der Waals surface area (Å²) in [4.78, 5) is 0. The number of aliphatic hydroxyl groups is 1. The summed E-state index contributed by atoms with van der Waals surface area (Å²) in [5, 5.41) is 8.39. The monoisotopic (exact) mass is 172 g/mol. The smallest absolute Gasteiger partial charge is 0.127 e. The molecule has 0 aliphatic heterocycles. The van der Waals surface area contributed by atoms with E-state index in [1.807, 2.05) is 0 Å². The first-order valence-electron chi connectivity index (χ1n) is 3.72. The van der Waals surface area contributed by atoms with Crippen molar-refractivity contribution in [2.24, 2.45) is 0 Å². The number of aliphatic hydroxyl groups excluding tert-OH is 1. The summed E-state index contributed by atoms with van der Waals surface area (Å²) in [7, 11) is 0. The highest BCUT2D eigenvalue weighted by atomic mass is 19.1. The van der Waals surface area contributed by atoms with E-state index in [9.17, 15) is 8.78 Å². The van der Waals surface area contributed by atoms with Gasteiger partial charge in [-0.1, -0.05) is 18.2 Å². The van der Waals surface area contributed by atoms with Crippen LogP contribution in [-0.2, 0) is 6.42 Å². The van der Waals surface area contributed by atoms with Crippen LogP contribution in [0.25, 0.3) is 0 Å². The first kappa shape index (κ1) is 9.13. The average molecular weight is 172 g/mol. The third-order valence-corrected chi connectivity index (χ3v) is 1.60. The van der Waals surface area contributed by atoms with Gasteiger partial charge in [0.05, 0.1) is 6.61 Å². The average Bonchev–Trinajstić information content (AvgIpc) is 2.09. The van der Waals surface area contributed by atoms with Crippen LogP contribution in [0, 0.1) is 5.82 Å². The highest BCUT2D eigenvalue weighted by molar-refractivity contribution is 5.17. The van der Waals surface area contributed by atoms with Gasteiger partial charge in [0.2, 0.25) is 0 Å². The molecule has 1 atom stereocenters. The van der Waals surface area contributed by atoms with Crippen molar-refractivity contribution in [3.63, 3.8) is 0 Å². The minimum atomic E-state index is -1.37. The molecule has 0 aromatic heterocycles. The van der Waals surface area contributed by atoms with Crippen LogP contribution in [0.1, 0.15) is 5.56 Å². The summed E-state index contributed by atoms with van der Waals surface area (Å²) in [6, 6.07) is 5.98. The number of halogens is 2. The quantitative estimate of drug-likeness (QED) is 0.735. The maximum Gasteiger partial charge on any atom is 0.127 e. The largest absolute Gasteiger partial charge is 0.393 e. The van der Waals surface area contributed by atoms with Gasteiger partial charge >= 0.3 is 0 Å². The molecule has 1 N–H and O–H groups in total. The number of hydrogen-bond donors (Lipinski definition) is 1. The molecule has 0 fully saturated rings. The predicted molar refractivity (Wildman–Crippen MR) is 42.1 cm³/mol. The van der Waals surface area contributed by atoms with E-state index in [0.717, 1.165) is 0 Å². The molecule has 0 spiro atoms. The lowest BCUT2D eigenvalue weighted by Gasteiger charge is -2.04. The van der Waals surface area contributed by atoms with Crippen molar-refractivity contribution in [1.82, 2.24) is 0 Å². The van der Waals surface area contributed by atoms with Gasteiger partial charge in [-0.05, 0) is 11.6 Å². The molecule has 0 radical (unpaired) electrons. The first-order chi connectivity index (χ1) is 5.74. The van der Waals surface area contributed by atoms with Crippen LogP contribution in [0.3, 0.4) is 0 Å². The molecule has 1 aromatic rings. The number of rotatable bonds is 3. The molecule has 0 saturated carbocycles. The van der Waals surface area contributed by atoms with Gasteiger partial charge in [0.25, 0.3) is 0 Å². The van der Waals surface area contributed by atoms with Crippen LogP contribution in [0.15, 0.2) is 24.3 Å². The van der Waals surface area contributed by atoms with Crippen molar-refractivity contribution in [3.8, 4) is 0 Å². The van der Waals surface area contributed by atoms with Gasteiger partial charge in [0, 0.05) is 6.42 Å². The summed E-state index contributed by atoms with van der Waals surface area (Å²) < 4.78 is 25.4. The summed E-state index contributed by atoms with van der Waals surface area (Å²) in [6.45, 7) is -0.561. The third-order valence-electron chi connectivity index (χ3n) is 1.60. The molecule has 12 heavy (non-hydrogen) atoms.